The number of nitrogens with one attached hydrogen (secondary N) is 1. The largest absolute Gasteiger partial charge is 0.352 e. The summed E-state index contributed by atoms with van der Waals surface area (Å²) in [6, 6.07) is 4.39. The third-order valence-corrected chi connectivity index (χ3v) is 2.66. The van der Waals surface area contributed by atoms with E-state index in [1.807, 2.05) is 0 Å². The molecule has 5 heteroatoms. The molecule has 0 aromatic heterocycles. The van der Waals surface area contributed by atoms with Gasteiger partial charge in [0, 0.05) is 23.7 Å². The number of aryl methyl sites for hydroxylation is 1. The van der Waals surface area contributed by atoms with Gasteiger partial charge in [0.15, 0.2) is 0 Å². The Labute approximate surface area is 106 Å². The Morgan fingerprint density at radius 2 is 2.11 bits per heavy atom. The Bertz CT molecular complexity index is 456. The first-order chi connectivity index (χ1) is 8.41. The van der Waals surface area contributed by atoms with Crippen LogP contribution in [0.4, 0.5) is 5.69 Å². The second-order valence-electron chi connectivity index (χ2n) is 4.70. The zero-order valence-corrected chi connectivity index (χ0v) is 10.9. The van der Waals surface area contributed by atoms with Crippen LogP contribution in [0.25, 0.3) is 0 Å². The molecular formula is C13H18N2O3. The van der Waals surface area contributed by atoms with Gasteiger partial charge in [-0.1, -0.05) is 13.8 Å². The Morgan fingerprint density at radius 3 is 2.61 bits per heavy atom. The summed E-state index contributed by atoms with van der Waals surface area (Å²) < 4.78 is 0. The molecule has 0 saturated carbocycles. The minimum atomic E-state index is -0.449. The van der Waals surface area contributed by atoms with E-state index in [4.69, 9.17) is 0 Å². The van der Waals surface area contributed by atoms with E-state index in [1.54, 1.807) is 13.0 Å². The van der Waals surface area contributed by atoms with E-state index in [-0.39, 0.29) is 11.6 Å². The van der Waals surface area contributed by atoms with Crippen LogP contribution in [0.2, 0.25) is 0 Å². The summed E-state index contributed by atoms with van der Waals surface area (Å²) in [5.41, 5.74) is 0.993. The molecule has 1 aromatic rings. The fourth-order valence-electron chi connectivity index (χ4n) is 1.58. The lowest BCUT2D eigenvalue weighted by atomic mass is 10.1. The summed E-state index contributed by atoms with van der Waals surface area (Å²) in [7, 11) is 0. The van der Waals surface area contributed by atoms with E-state index in [0.29, 0.717) is 23.6 Å². The first kappa shape index (κ1) is 14.2. The predicted molar refractivity (Wildman–Crippen MR) is 69.6 cm³/mol. The number of nitro groups is 1. The average Bonchev–Trinajstić information content (AvgIpc) is 2.27. The SMILES string of the molecule is Cc1cc(C(=O)NCCC(C)C)ccc1[N+](=O)[O-]. The van der Waals surface area contributed by atoms with Crippen LogP contribution in [0.3, 0.4) is 0 Å². The fourth-order valence-corrected chi connectivity index (χ4v) is 1.58. The molecule has 0 atom stereocenters. The fraction of sp³-hybridized carbons (Fsp3) is 0.462. The maximum absolute atomic E-state index is 11.8. The van der Waals surface area contributed by atoms with Gasteiger partial charge in [-0.3, -0.25) is 14.9 Å². The topological polar surface area (TPSA) is 72.2 Å². The first-order valence-electron chi connectivity index (χ1n) is 5.95. The van der Waals surface area contributed by atoms with E-state index in [2.05, 4.69) is 19.2 Å². The summed E-state index contributed by atoms with van der Waals surface area (Å²) in [6.45, 7) is 6.42. The second kappa shape index (κ2) is 6.14. The lowest BCUT2D eigenvalue weighted by Crippen LogP contribution is -2.25. The summed E-state index contributed by atoms with van der Waals surface area (Å²) in [5.74, 6) is 0.345. The Balaban J connectivity index is 2.70. The van der Waals surface area contributed by atoms with Crippen LogP contribution in [0.15, 0.2) is 18.2 Å². The molecule has 1 rings (SSSR count). The number of amides is 1. The Kier molecular flexibility index (Phi) is 4.83. The number of rotatable bonds is 5. The molecule has 0 aliphatic rings. The van der Waals surface area contributed by atoms with E-state index >= 15 is 0 Å². The second-order valence-corrected chi connectivity index (χ2v) is 4.70. The van der Waals surface area contributed by atoms with Gasteiger partial charge in [0.2, 0.25) is 0 Å². The van der Waals surface area contributed by atoms with Crippen molar-refractivity contribution in [3.63, 3.8) is 0 Å². The highest BCUT2D eigenvalue weighted by Crippen LogP contribution is 2.18. The minimum absolute atomic E-state index is 0.0359. The molecule has 98 valence electrons. The van der Waals surface area contributed by atoms with Gasteiger partial charge in [-0.2, -0.15) is 0 Å². The van der Waals surface area contributed by atoms with Gasteiger partial charge >= 0.3 is 0 Å². The summed E-state index contributed by atoms with van der Waals surface area (Å²) in [4.78, 5) is 22.0. The quantitative estimate of drug-likeness (QED) is 0.645. The van der Waals surface area contributed by atoms with Crippen molar-refractivity contribution >= 4 is 11.6 Å². The van der Waals surface area contributed by atoms with Gasteiger partial charge < -0.3 is 5.32 Å². The standard InChI is InChI=1S/C13H18N2O3/c1-9(2)6-7-14-13(16)11-4-5-12(15(17)18)10(3)8-11/h4-5,8-9H,6-7H2,1-3H3,(H,14,16). The molecule has 0 heterocycles. The van der Waals surface area contributed by atoms with Crippen molar-refractivity contribution in [2.45, 2.75) is 27.2 Å². The Hall–Kier alpha value is -1.91. The number of hydrogen-bond acceptors (Lipinski definition) is 3. The molecule has 0 fully saturated rings. The third-order valence-electron chi connectivity index (χ3n) is 2.66. The normalized spacial score (nSPS) is 10.4. The monoisotopic (exact) mass is 250 g/mol. The number of carbonyl (C=O) groups is 1. The van der Waals surface area contributed by atoms with Crippen molar-refractivity contribution in [2.24, 2.45) is 5.92 Å². The van der Waals surface area contributed by atoms with Gasteiger partial charge in [0.1, 0.15) is 0 Å². The maximum Gasteiger partial charge on any atom is 0.272 e. The smallest absolute Gasteiger partial charge is 0.272 e. The van der Waals surface area contributed by atoms with E-state index in [9.17, 15) is 14.9 Å². The molecule has 0 saturated heterocycles. The average molecular weight is 250 g/mol. The highest BCUT2D eigenvalue weighted by molar-refractivity contribution is 5.94. The molecule has 1 N–H and O–H groups in total. The first-order valence-corrected chi connectivity index (χ1v) is 5.95. The maximum atomic E-state index is 11.8. The van der Waals surface area contributed by atoms with Gasteiger partial charge in [0.05, 0.1) is 4.92 Å². The molecular weight excluding hydrogens is 232 g/mol. The molecule has 0 aliphatic carbocycles. The third kappa shape index (κ3) is 3.84. The van der Waals surface area contributed by atoms with Crippen LogP contribution >= 0.6 is 0 Å². The van der Waals surface area contributed by atoms with Crippen molar-refractivity contribution in [1.29, 1.82) is 0 Å². The minimum Gasteiger partial charge on any atom is -0.352 e. The van der Waals surface area contributed by atoms with Gasteiger partial charge in [-0.25, -0.2) is 0 Å². The molecule has 18 heavy (non-hydrogen) atoms. The van der Waals surface area contributed by atoms with E-state index in [1.165, 1.54) is 12.1 Å². The zero-order valence-electron chi connectivity index (χ0n) is 10.9. The molecule has 0 aliphatic heterocycles. The zero-order chi connectivity index (χ0) is 13.7. The molecule has 0 radical (unpaired) electrons. The lowest BCUT2D eigenvalue weighted by Gasteiger charge is -2.07. The molecule has 0 spiro atoms. The molecule has 0 unspecified atom stereocenters. The molecule has 1 aromatic carbocycles. The summed E-state index contributed by atoms with van der Waals surface area (Å²) >= 11 is 0. The van der Waals surface area contributed by atoms with E-state index in [0.717, 1.165) is 6.42 Å². The highest BCUT2D eigenvalue weighted by Gasteiger charge is 2.13. The predicted octanol–water partition coefficient (Wildman–Crippen LogP) is 2.68. The summed E-state index contributed by atoms with van der Waals surface area (Å²) in [6.07, 6.45) is 0.914. The number of nitro benzene ring substituents is 1. The van der Waals surface area contributed by atoms with Gasteiger partial charge in [0.25, 0.3) is 11.6 Å². The van der Waals surface area contributed by atoms with Crippen molar-refractivity contribution in [2.75, 3.05) is 6.54 Å². The highest BCUT2D eigenvalue weighted by atomic mass is 16.6. The van der Waals surface area contributed by atoms with Crippen LogP contribution in [0.5, 0.6) is 0 Å². The summed E-state index contributed by atoms with van der Waals surface area (Å²) in [5, 5.41) is 13.5. The van der Waals surface area contributed by atoms with Crippen molar-refractivity contribution in [3.8, 4) is 0 Å². The number of nitrogens with zero attached hydrogens (tertiary/aromatic N) is 1. The van der Waals surface area contributed by atoms with Gasteiger partial charge in [-0.15, -0.1) is 0 Å². The lowest BCUT2D eigenvalue weighted by molar-refractivity contribution is -0.385. The van der Waals surface area contributed by atoms with Crippen LogP contribution in [-0.2, 0) is 0 Å². The van der Waals surface area contributed by atoms with E-state index < -0.39 is 4.92 Å². The van der Waals surface area contributed by atoms with Crippen LogP contribution in [0.1, 0.15) is 36.2 Å². The van der Waals surface area contributed by atoms with Crippen molar-refractivity contribution in [3.05, 3.63) is 39.4 Å². The number of benzene rings is 1. The molecule has 1 amide bonds. The number of hydrogen-bond donors (Lipinski definition) is 1. The Morgan fingerprint density at radius 1 is 1.44 bits per heavy atom. The van der Waals surface area contributed by atoms with Crippen LogP contribution in [0, 0.1) is 23.0 Å². The van der Waals surface area contributed by atoms with Gasteiger partial charge in [-0.05, 0) is 31.4 Å². The van der Waals surface area contributed by atoms with Crippen molar-refractivity contribution < 1.29 is 9.72 Å². The van der Waals surface area contributed by atoms with Crippen LogP contribution in [-0.4, -0.2) is 17.4 Å². The number of carbonyl (C=O) groups excluding carboxylic acids is 1. The van der Waals surface area contributed by atoms with Crippen LogP contribution < -0.4 is 5.32 Å². The molecule has 0 bridgehead atoms. The molecule has 5 nitrogen and oxygen atoms in total. The van der Waals surface area contributed by atoms with Crippen molar-refractivity contribution in [1.82, 2.24) is 5.32 Å².